The van der Waals surface area contributed by atoms with Crippen molar-refractivity contribution in [1.82, 2.24) is 0 Å². The first-order valence-corrected chi connectivity index (χ1v) is 24.6. The predicted molar refractivity (Wildman–Crippen MR) is 234 cm³/mol. The molecule has 14 bridgehead atoms. The molecule has 35 nitrogen and oxygen atoms in total. The van der Waals surface area contributed by atoms with Crippen LogP contribution in [0.15, 0.2) is 0 Å². The molecule has 454 valence electrons. The molecule has 21 aliphatic rings. The predicted octanol–water partition coefficient (Wildman–Crippen LogP) is -15.6. The molecule has 21 N–H and O–H groups in total. The molecule has 0 saturated carbocycles. The van der Waals surface area contributed by atoms with Gasteiger partial charge in [-0.05, 0) is 0 Å². The third-order valence-corrected chi connectivity index (χ3v) is 14.8. The summed E-state index contributed by atoms with van der Waals surface area (Å²) in [6.45, 7) is -7.33. The maximum atomic E-state index is 11.3. The van der Waals surface area contributed by atoms with Crippen LogP contribution in [0.1, 0.15) is 0 Å². The average molecular weight is 1260 g/mol. The summed E-state index contributed by atoms with van der Waals surface area (Å²) in [5.74, 6) is 0. The Hall–Kier alpha value is -0.610. The standard InChI is InChI=1S/C42H70O35.Te/c43-1-8-29-15(50)22(57)36(64-8)72-30-9(2-44)66-38(24(59)17(30)52)74-32-11(4-46)68-40(26(61)19(32)54)76-34-13(6-48)70-42(28(63)21(34)56)77-35-14(7-49)69-41(27(62)20(35)55)75-33-12(5-47)67-39(25(60)18(33)53)73-31-10(3-45)65-37(71-29)23(58)16(31)51;/h8-63H,1-7H2;/t8-,9-,10-,11-,12-,13-,14-,15-,16-,17-,18-,19-,20-,21-,22-,23-,24-,25-,26-,27-,28-,29-,30-,31-,32-,33-,34-,35-,36-,37-,38-,39-,40-,41-,42-;/m1./s1. The van der Waals surface area contributed by atoms with Gasteiger partial charge in [-0.25, -0.2) is 0 Å². The van der Waals surface area contributed by atoms with E-state index < -0.39 is 261 Å². The smallest absolute Gasteiger partial charge is 0.187 e. The van der Waals surface area contributed by atoms with Gasteiger partial charge in [0.1, 0.15) is 171 Å². The first kappa shape index (κ1) is 64.9. The summed E-state index contributed by atoms with van der Waals surface area (Å²) in [6, 6.07) is 0. The van der Waals surface area contributed by atoms with Gasteiger partial charge in [0.15, 0.2) is 44.0 Å². The van der Waals surface area contributed by atoms with E-state index >= 15 is 0 Å². The third kappa shape index (κ3) is 12.7. The summed E-state index contributed by atoms with van der Waals surface area (Å²) < 4.78 is 79.5. The molecule has 21 rings (SSSR count). The molecule has 21 saturated heterocycles. The Morgan fingerprint density at radius 1 is 0.167 bits per heavy atom. The Bertz CT molecular complexity index is 1470. The fraction of sp³-hybridized carbons (Fsp3) is 1.00. The number of rotatable bonds is 7. The monoisotopic (exact) mass is 1260 g/mol. The van der Waals surface area contributed by atoms with E-state index in [9.17, 15) is 107 Å². The van der Waals surface area contributed by atoms with Crippen molar-refractivity contribution in [2.24, 2.45) is 0 Å². The number of hydrogen-bond donors (Lipinski definition) is 21. The Labute approximate surface area is 457 Å². The minimum absolute atomic E-state index is 0. The quantitative estimate of drug-likeness (QED) is 0.105. The summed E-state index contributed by atoms with van der Waals surface area (Å²) in [5, 5.41) is 230. The van der Waals surface area contributed by atoms with Crippen LogP contribution < -0.4 is 0 Å². The zero-order valence-corrected chi connectivity index (χ0v) is 43.0. The van der Waals surface area contributed by atoms with Gasteiger partial charge >= 0.3 is 0 Å². The van der Waals surface area contributed by atoms with Crippen LogP contribution in [0.2, 0.25) is 0 Å². The van der Waals surface area contributed by atoms with E-state index in [2.05, 4.69) is 0 Å². The summed E-state index contributed by atoms with van der Waals surface area (Å²) >= 11 is 0. The van der Waals surface area contributed by atoms with Crippen molar-refractivity contribution in [3.63, 3.8) is 0 Å². The van der Waals surface area contributed by atoms with E-state index in [4.69, 9.17) is 66.3 Å². The molecular weight excluding hydrogens is 1190 g/mol. The number of ether oxygens (including phenoxy) is 14. The third-order valence-electron chi connectivity index (χ3n) is 14.8. The van der Waals surface area contributed by atoms with Crippen LogP contribution in [0.5, 0.6) is 0 Å². The molecule has 0 amide bonds. The van der Waals surface area contributed by atoms with Crippen molar-refractivity contribution in [3.05, 3.63) is 0 Å². The topological polar surface area (TPSA) is 554 Å². The first-order valence-electron chi connectivity index (χ1n) is 24.6. The SMILES string of the molecule is OC[C@H]1O[C@@H]2O[C@H]3[C@H](O)[C@@H](O)[C@@H](O[C@H]4[C@H](O)[C@@H](O)[C@@H](O[C@H]5[C@H](O)[C@@H](O)[C@@H](O[C@H]6[C@H](O)[C@@H](O)[C@@H](O[C@H]7[C@H](O)[C@@H](O)[C@@H](O[C@H]8[C@H](O)[C@@H](O)[C@@H](O[C@H]1[C@H](O)[C@H]2O)O[C@@H]8CO)O[C@@H]7CO)O[C@@H]6CO)O[C@@H]5CO)O[C@@H]4CO)O[C@@H]3CO.[Te]. The minimum Gasteiger partial charge on any atom is -0.394 e. The molecular formula is C42H70O35Te. The van der Waals surface area contributed by atoms with Gasteiger partial charge in [-0.1, -0.05) is 0 Å². The molecule has 35 atom stereocenters. The van der Waals surface area contributed by atoms with E-state index in [1.165, 1.54) is 0 Å². The second kappa shape index (κ2) is 27.6. The molecule has 2 radical (unpaired) electrons. The van der Waals surface area contributed by atoms with Crippen molar-refractivity contribution >= 4 is 23.7 Å². The summed E-state index contributed by atoms with van der Waals surface area (Å²) in [7, 11) is 0. The molecule has 0 spiro atoms. The maximum absolute atomic E-state index is 11.3. The van der Waals surface area contributed by atoms with Crippen molar-refractivity contribution < 1.29 is 174 Å². The van der Waals surface area contributed by atoms with Gasteiger partial charge in [-0.2, -0.15) is 0 Å². The molecule has 21 heterocycles. The van der Waals surface area contributed by atoms with Crippen LogP contribution in [0.3, 0.4) is 0 Å². The van der Waals surface area contributed by atoms with E-state index in [1.54, 1.807) is 0 Å². The van der Waals surface area contributed by atoms with Gasteiger partial charge in [0.25, 0.3) is 0 Å². The fourth-order valence-corrected chi connectivity index (χ4v) is 10.4. The van der Waals surface area contributed by atoms with Gasteiger partial charge < -0.3 is 174 Å². The summed E-state index contributed by atoms with van der Waals surface area (Å²) in [6.07, 6.45) is -70.2. The van der Waals surface area contributed by atoms with E-state index in [0.717, 1.165) is 0 Å². The van der Waals surface area contributed by atoms with Crippen molar-refractivity contribution in [2.75, 3.05) is 46.2 Å². The zero-order valence-electron chi connectivity index (χ0n) is 40.7. The molecule has 0 unspecified atom stereocenters. The summed E-state index contributed by atoms with van der Waals surface area (Å²) in [5.41, 5.74) is 0. The van der Waals surface area contributed by atoms with Crippen LogP contribution in [-0.2, 0) is 66.3 Å². The number of aliphatic hydroxyl groups excluding tert-OH is 21. The molecule has 21 aliphatic heterocycles. The minimum atomic E-state index is -2.21. The average Bonchev–Trinajstić information content (AvgIpc) is 3.51. The van der Waals surface area contributed by atoms with Crippen LogP contribution in [0, 0.1) is 0 Å². The van der Waals surface area contributed by atoms with Gasteiger partial charge in [0.2, 0.25) is 0 Å². The van der Waals surface area contributed by atoms with Crippen molar-refractivity contribution in [3.8, 4) is 0 Å². The van der Waals surface area contributed by atoms with Crippen molar-refractivity contribution in [2.45, 2.75) is 215 Å². The Morgan fingerprint density at radius 3 is 0.359 bits per heavy atom. The van der Waals surface area contributed by atoms with E-state index in [-0.39, 0.29) is 23.7 Å². The molecule has 78 heavy (non-hydrogen) atoms. The van der Waals surface area contributed by atoms with Crippen LogP contribution >= 0.6 is 0 Å². The fourth-order valence-electron chi connectivity index (χ4n) is 10.4. The van der Waals surface area contributed by atoms with Crippen LogP contribution in [-0.4, -0.2) is 392 Å². The zero-order chi connectivity index (χ0) is 56.1. The van der Waals surface area contributed by atoms with Gasteiger partial charge in [-0.15, -0.1) is 0 Å². The molecule has 21 fully saturated rings. The molecule has 36 heteroatoms. The molecule has 0 aromatic rings. The van der Waals surface area contributed by atoms with E-state index in [1.807, 2.05) is 0 Å². The Kier molecular flexibility index (Phi) is 23.0. The Morgan fingerprint density at radius 2 is 0.269 bits per heavy atom. The molecule has 0 aromatic carbocycles. The van der Waals surface area contributed by atoms with E-state index in [0.29, 0.717) is 0 Å². The largest absolute Gasteiger partial charge is 0.394 e. The first-order chi connectivity index (χ1) is 36.7. The normalized spacial score (nSPS) is 54.7. The van der Waals surface area contributed by atoms with Crippen LogP contribution in [0.4, 0.5) is 0 Å². The van der Waals surface area contributed by atoms with Crippen LogP contribution in [0.25, 0.3) is 0 Å². The second-order valence-electron chi connectivity index (χ2n) is 19.7. The number of hydrogen-bond acceptors (Lipinski definition) is 35. The van der Waals surface area contributed by atoms with Gasteiger partial charge in [0, 0.05) is 23.7 Å². The molecule has 0 aliphatic carbocycles. The van der Waals surface area contributed by atoms with Crippen molar-refractivity contribution in [1.29, 1.82) is 0 Å². The number of aliphatic hydroxyl groups is 21. The molecule has 0 aromatic heterocycles. The summed E-state index contributed by atoms with van der Waals surface area (Å²) in [4.78, 5) is 0. The maximum Gasteiger partial charge on any atom is 0.187 e. The van der Waals surface area contributed by atoms with Gasteiger partial charge in [0.05, 0.1) is 46.2 Å². The van der Waals surface area contributed by atoms with Gasteiger partial charge in [-0.3, -0.25) is 0 Å². The second-order valence-corrected chi connectivity index (χ2v) is 19.7. The Balaban J connectivity index is 0.00000882.